The zero-order chi connectivity index (χ0) is 16.6. The lowest BCUT2D eigenvalue weighted by Crippen LogP contribution is -2.40. The number of carboxylic acid groups (broad SMARTS) is 1. The molecule has 0 saturated carbocycles. The quantitative estimate of drug-likeness (QED) is 0.814. The molecule has 0 aliphatic carbocycles. The van der Waals surface area contributed by atoms with Crippen LogP contribution in [-0.4, -0.2) is 17.3 Å². The van der Waals surface area contributed by atoms with Crippen molar-refractivity contribution in [2.75, 3.05) is 5.73 Å². The van der Waals surface area contributed by atoms with Crippen LogP contribution in [0, 0.1) is 11.3 Å². The number of carbonyl (C=O) groups is 1. The van der Waals surface area contributed by atoms with Gasteiger partial charge in [-0.25, -0.2) is 0 Å². The Kier molecular flexibility index (Phi) is 4.83. The van der Waals surface area contributed by atoms with Gasteiger partial charge in [0, 0.05) is 0 Å². The second-order valence-corrected chi connectivity index (χ2v) is 6.39. The Morgan fingerprint density at radius 2 is 1.81 bits per heavy atom. The number of anilines is 1. The highest BCUT2D eigenvalue weighted by Gasteiger charge is 2.52. The standard InChI is InChI=1S/C14H17ClF3NO2/c1-13(2,3)11(12(20)21)10(14(16,17)18)7-4-5-8(15)9(19)6-7/h4-6,10-11H,19H2,1-3H3,(H,20,21)/t10-,11?/m0/s1. The Morgan fingerprint density at radius 3 is 2.14 bits per heavy atom. The smallest absolute Gasteiger partial charge is 0.396 e. The molecule has 1 rings (SSSR count). The van der Waals surface area contributed by atoms with E-state index in [0.29, 0.717) is 0 Å². The van der Waals surface area contributed by atoms with E-state index in [4.69, 9.17) is 17.3 Å². The summed E-state index contributed by atoms with van der Waals surface area (Å²) in [5.41, 5.74) is 4.24. The van der Waals surface area contributed by atoms with Crippen LogP contribution in [0.3, 0.4) is 0 Å². The first kappa shape index (κ1) is 17.6. The van der Waals surface area contributed by atoms with Crippen molar-refractivity contribution in [1.29, 1.82) is 0 Å². The van der Waals surface area contributed by atoms with E-state index in [-0.39, 0.29) is 16.3 Å². The molecule has 0 fully saturated rings. The first-order valence-electron chi connectivity index (χ1n) is 6.20. The normalized spacial score (nSPS) is 15.6. The maximum atomic E-state index is 13.4. The number of nitrogens with two attached hydrogens (primary N) is 1. The molecule has 0 aromatic heterocycles. The molecule has 3 nitrogen and oxygen atoms in total. The molecule has 2 atom stereocenters. The molecule has 7 heteroatoms. The highest BCUT2D eigenvalue weighted by molar-refractivity contribution is 6.33. The monoisotopic (exact) mass is 323 g/mol. The molecule has 0 aliphatic rings. The first-order chi connectivity index (χ1) is 9.35. The number of carboxylic acids is 1. The summed E-state index contributed by atoms with van der Waals surface area (Å²) in [6.45, 7) is 4.39. The van der Waals surface area contributed by atoms with E-state index in [1.54, 1.807) is 0 Å². The van der Waals surface area contributed by atoms with Crippen LogP contribution < -0.4 is 5.73 Å². The molecule has 0 spiro atoms. The minimum Gasteiger partial charge on any atom is -0.481 e. The molecule has 0 bridgehead atoms. The third-order valence-electron chi connectivity index (χ3n) is 3.26. The molecule has 0 aliphatic heterocycles. The van der Waals surface area contributed by atoms with Crippen LogP contribution in [0.1, 0.15) is 32.3 Å². The topological polar surface area (TPSA) is 63.3 Å². The van der Waals surface area contributed by atoms with Crippen molar-refractivity contribution in [2.45, 2.75) is 32.9 Å². The molecule has 1 aromatic rings. The van der Waals surface area contributed by atoms with Gasteiger partial charge < -0.3 is 10.8 Å². The maximum Gasteiger partial charge on any atom is 0.396 e. The van der Waals surface area contributed by atoms with Gasteiger partial charge in [-0.05, 0) is 23.1 Å². The average Bonchev–Trinajstić information content (AvgIpc) is 2.26. The fourth-order valence-electron chi connectivity index (χ4n) is 2.34. The van der Waals surface area contributed by atoms with Gasteiger partial charge in [0.05, 0.1) is 22.5 Å². The van der Waals surface area contributed by atoms with E-state index in [9.17, 15) is 23.1 Å². The molecular formula is C14H17ClF3NO2. The van der Waals surface area contributed by atoms with Gasteiger partial charge in [-0.3, -0.25) is 4.79 Å². The van der Waals surface area contributed by atoms with Gasteiger partial charge in [0.2, 0.25) is 0 Å². The van der Waals surface area contributed by atoms with Gasteiger partial charge >= 0.3 is 12.1 Å². The number of hydrogen-bond acceptors (Lipinski definition) is 2. The predicted octanol–water partition coefficient (Wildman–Crippen LogP) is 4.32. The van der Waals surface area contributed by atoms with Crippen molar-refractivity contribution in [2.24, 2.45) is 11.3 Å². The Hall–Kier alpha value is -1.43. The molecule has 0 heterocycles. The zero-order valence-electron chi connectivity index (χ0n) is 11.8. The minimum absolute atomic E-state index is 0.0125. The average molecular weight is 324 g/mol. The molecule has 3 N–H and O–H groups in total. The van der Waals surface area contributed by atoms with Crippen LogP contribution in [0.25, 0.3) is 0 Å². The summed E-state index contributed by atoms with van der Waals surface area (Å²) in [6.07, 6.45) is -4.71. The Balaban J connectivity index is 3.48. The summed E-state index contributed by atoms with van der Waals surface area (Å²) < 4.78 is 40.3. The second-order valence-electron chi connectivity index (χ2n) is 5.98. The molecule has 1 aromatic carbocycles. The van der Waals surface area contributed by atoms with E-state index in [0.717, 1.165) is 6.07 Å². The number of rotatable bonds is 3. The summed E-state index contributed by atoms with van der Waals surface area (Å²) in [4.78, 5) is 11.4. The summed E-state index contributed by atoms with van der Waals surface area (Å²) in [7, 11) is 0. The molecule has 0 amide bonds. The number of hydrogen-bond donors (Lipinski definition) is 2. The van der Waals surface area contributed by atoms with Gasteiger partial charge in [-0.2, -0.15) is 13.2 Å². The van der Waals surface area contributed by atoms with Gasteiger partial charge in [0.1, 0.15) is 0 Å². The molecule has 0 radical (unpaired) electrons. The van der Waals surface area contributed by atoms with Crippen LogP contribution in [-0.2, 0) is 4.79 Å². The minimum atomic E-state index is -4.71. The van der Waals surface area contributed by atoms with Crippen molar-refractivity contribution < 1.29 is 23.1 Å². The third-order valence-corrected chi connectivity index (χ3v) is 3.61. The third kappa shape index (κ3) is 4.03. The Morgan fingerprint density at radius 1 is 1.29 bits per heavy atom. The molecule has 118 valence electrons. The van der Waals surface area contributed by atoms with Crippen molar-refractivity contribution in [3.63, 3.8) is 0 Å². The lowest BCUT2D eigenvalue weighted by atomic mass is 9.70. The molecular weight excluding hydrogens is 307 g/mol. The summed E-state index contributed by atoms with van der Waals surface area (Å²) >= 11 is 5.71. The van der Waals surface area contributed by atoms with E-state index in [1.807, 2.05) is 0 Å². The van der Waals surface area contributed by atoms with Crippen molar-refractivity contribution >= 4 is 23.3 Å². The van der Waals surface area contributed by atoms with Crippen LogP contribution >= 0.6 is 11.6 Å². The Bertz CT molecular complexity index is 538. The van der Waals surface area contributed by atoms with E-state index >= 15 is 0 Å². The van der Waals surface area contributed by atoms with Gasteiger partial charge in [-0.1, -0.05) is 38.4 Å². The first-order valence-corrected chi connectivity index (χ1v) is 6.58. The zero-order valence-corrected chi connectivity index (χ0v) is 12.6. The number of halogens is 4. The highest BCUT2D eigenvalue weighted by atomic mass is 35.5. The largest absolute Gasteiger partial charge is 0.481 e. The fourth-order valence-corrected chi connectivity index (χ4v) is 2.46. The van der Waals surface area contributed by atoms with Crippen LogP contribution in [0.5, 0.6) is 0 Å². The van der Waals surface area contributed by atoms with Crippen LogP contribution in [0.15, 0.2) is 18.2 Å². The van der Waals surface area contributed by atoms with E-state index in [2.05, 4.69) is 0 Å². The lowest BCUT2D eigenvalue weighted by molar-refractivity contribution is -0.184. The SMILES string of the molecule is CC(C)(C)C(C(=O)O)[C@H](c1ccc(Cl)c(N)c1)C(F)(F)F. The van der Waals surface area contributed by atoms with Gasteiger partial charge in [0.15, 0.2) is 0 Å². The Labute approximate surface area is 125 Å². The van der Waals surface area contributed by atoms with Crippen LogP contribution in [0.2, 0.25) is 5.02 Å². The van der Waals surface area contributed by atoms with E-state index in [1.165, 1.54) is 32.9 Å². The highest BCUT2D eigenvalue weighted by Crippen LogP contribution is 2.47. The van der Waals surface area contributed by atoms with Crippen molar-refractivity contribution in [3.05, 3.63) is 28.8 Å². The predicted molar refractivity (Wildman–Crippen MR) is 75.2 cm³/mol. The second kappa shape index (κ2) is 5.75. The maximum absolute atomic E-state index is 13.4. The number of benzene rings is 1. The van der Waals surface area contributed by atoms with E-state index < -0.39 is 29.4 Å². The molecule has 1 unspecified atom stereocenters. The lowest BCUT2D eigenvalue weighted by Gasteiger charge is -2.35. The number of alkyl halides is 3. The summed E-state index contributed by atoms with van der Waals surface area (Å²) in [5, 5.41) is 9.40. The van der Waals surface area contributed by atoms with Crippen molar-refractivity contribution in [1.82, 2.24) is 0 Å². The van der Waals surface area contributed by atoms with Crippen LogP contribution in [0.4, 0.5) is 18.9 Å². The summed E-state index contributed by atoms with van der Waals surface area (Å²) in [6, 6.07) is 3.49. The van der Waals surface area contributed by atoms with Crippen molar-refractivity contribution in [3.8, 4) is 0 Å². The number of aliphatic carboxylic acids is 1. The fraction of sp³-hybridized carbons (Fsp3) is 0.500. The molecule has 0 saturated heterocycles. The van der Waals surface area contributed by atoms with Gasteiger partial charge in [-0.15, -0.1) is 0 Å². The van der Waals surface area contributed by atoms with Gasteiger partial charge in [0.25, 0.3) is 0 Å². The number of nitrogen functional groups attached to an aromatic ring is 1. The molecule has 21 heavy (non-hydrogen) atoms. The summed E-state index contributed by atoms with van der Waals surface area (Å²) in [5.74, 6) is -5.30.